The summed E-state index contributed by atoms with van der Waals surface area (Å²) in [5.74, 6) is -3.37. The molecule has 0 radical (unpaired) electrons. The molecular formula is C27H30F2N4O6S. The van der Waals surface area contributed by atoms with Crippen molar-refractivity contribution < 1.29 is 36.3 Å². The fourth-order valence-electron chi connectivity index (χ4n) is 3.45. The third-order valence-electron chi connectivity index (χ3n) is 5.24. The average molecular weight is 577 g/mol. The Labute approximate surface area is 230 Å². The summed E-state index contributed by atoms with van der Waals surface area (Å²) in [7, 11) is -4.20. The van der Waals surface area contributed by atoms with Crippen molar-refractivity contribution in [3.63, 3.8) is 0 Å². The van der Waals surface area contributed by atoms with Crippen molar-refractivity contribution >= 4 is 39.2 Å². The number of nitrogens with zero attached hydrogens (tertiary/aromatic N) is 1. The van der Waals surface area contributed by atoms with Crippen LogP contribution in [0.15, 0.2) is 53.4 Å². The lowest BCUT2D eigenvalue weighted by molar-refractivity contribution is 0.0570. The first kappa shape index (κ1) is 30.3. The van der Waals surface area contributed by atoms with Crippen LogP contribution < -0.4 is 20.5 Å². The molecule has 0 bridgehead atoms. The second-order valence-corrected chi connectivity index (χ2v) is 11.3. The quantitative estimate of drug-likeness (QED) is 0.216. The second-order valence-electron chi connectivity index (χ2n) is 9.65. The normalized spacial score (nSPS) is 11.6. The molecule has 0 spiro atoms. The molecule has 0 fully saturated rings. The topological polar surface area (TPSA) is 150 Å². The van der Waals surface area contributed by atoms with Gasteiger partial charge in [-0.1, -0.05) is 19.4 Å². The van der Waals surface area contributed by atoms with Crippen LogP contribution in [0.1, 0.15) is 56.5 Å². The number of nitrogens with two attached hydrogens (primary N) is 1. The zero-order valence-corrected chi connectivity index (χ0v) is 23.2. The van der Waals surface area contributed by atoms with Crippen molar-refractivity contribution in [3.8, 4) is 5.75 Å². The van der Waals surface area contributed by atoms with E-state index < -0.39 is 44.7 Å². The zero-order valence-electron chi connectivity index (χ0n) is 22.4. The number of pyridine rings is 1. The molecule has 214 valence electrons. The number of nitrogens with one attached hydrogen (secondary N) is 2. The maximum absolute atomic E-state index is 14.3. The van der Waals surface area contributed by atoms with Crippen molar-refractivity contribution in [1.82, 2.24) is 9.71 Å². The molecule has 1 amide bonds. The first-order chi connectivity index (χ1) is 18.7. The van der Waals surface area contributed by atoms with E-state index in [1.54, 1.807) is 20.8 Å². The molecule has 3 rings (SSSR count). The number of sulfonamides is 1. The summed E-state index contributed by atoms with van der Waals surface area (Å²) in [6, 6.07) is 9.72. The van der Waals surface area contributed by atoms with Gasteiger partial charge in [-0.05, 0) is 63.6 Å². The molecular weight excluding hydrogens is 546 g/mol. The fraction of sp³-hybridized carbons (Fsp3) is 0.296. The van der Waals surface area contributed by atoms with E-state index in [2.05, 4.69) is 10.3 Å². The van der Waals surface area contributed by atoms with Crippen LogP contribution in [0.25, 0.3) is 0 Å². The number of rotatable bonds is 10. The summed E-state index contributed by atoms with van der Waals surface area (Å²) >= 11 is 0. The number of carbonyl (C=O) groups is 2. The lowest BCUT2D eigenvalue weighted by atomic mass is 10.0. The Morgan fingerprint density at radius 3 is 2.23 bits per heavy atom. The third-order valence-corrected chi connectivity index (χ3v) is 6.57. The number of amides is 1. The Balaban J connectivity index is 1.88. The highest BCUT2D eigenvalue weighted by Crippen LogP contribution is 2.32. The van der Waals surface area contributed by atoms with Gasteiger partial charge in [0, 0.05) is 11.8 Å². The van der Waals surface area contributed by atoms with E-state index in [1.165, 1.54) is 30.3 Å². The minimum absolute atomic E-state index is 0.0307. The Bertz CT molecular complexity index is 1490. The van der Waals surface area contributed by atoms with Crippen LogP contribution in [0.2, 0.25) is 0 Å². The maximum atomic E-state index is 14.3. The molecule has 0 aliphatic heterocycles. The summed E-state index contributed by atoms with van der Waals surface area (Å²) in [5, 5.41) is 2.92. The molecule has 10 nitrogen and oxygen atoms in total. The highest BCUT2D eigenvalue weighted by Gasteiger charge is 2.26. The van der Waals surface area contributed by atoms with Gasteiger partial charge in [0.05, 0.1) is 17.1 Å². The number of carbonyl (C=O) groups excluding carboxylic acids is 2. The number of ketones is 1. The Morgan fingerprint density at radius 1 is 1.02 bits per heavy atom. The highest BCUT2D eigenvalue weighted by molar-refractivity contribution is 7.90. The minimum Gasteiger partial charge on any atom is -0.493 e. The van der Waals surface area contributed by atoms with Crippen molar-refractivity contribution in [3.05, 3.63) is 71.3 Å². The molecule has 13 heteroatoms. The number of halogens is 2. The van der Waals surface area contributed by atoms with Crippen molar-refractivity contribution in [2.24, 2.45) is 0 Å². The molecule has 0 aliphatic carbocycles. The van der Waals surface area contributed by atoms with E-state index in [4.69, 9.17) is 15.2 Å². The summed E-state index contributed by atoms with van der Waals surface area (Å²) in [6.45, 7) is 6.94. The molecule has 1 heterocycles. The van der Waals surface area contributed by atoms with E-state index in [0.29, 0.717) is 12.1 Å². The number of unbranched alkanes of at least 4 members (excludes halogenated alkanes) is 1. The number of hydrogen-bond donors (Lipinski definition) is 3. The second kappa shape index (κ2) is 12.3. The fourth-order valence-corrected chi connectivity index (χ4v) is 4.32. The minimum atomic E-state index is -4.20. The van der Waals surface area contributed by atoms with E-state index in [-0.39, 0.29) is 34.5 Å². The summed E-state index contributed by atoms with van der Waals surface area (Å²) < 4.78 is 66.3. The van der Waals surface area contributed by atoms with Gasteiger partial charge in [-0.15, -0.1) is 0 Å². The summed E-state index contributed by atoms with van der Waals surface area (Å²) in [5.41, 5.74) is 4.48. The number of ether oxygens (including phenoxy) is 2. The molecule has 0 atom stereocenters. The van der Waals surface area contributed by atoms with Crippen LogP contribution in [0.4, 0.5) is 30.9 Å². The van der Waals surface area contributed by atoms with Crippen LogP contribution in [0.3, 0.4) is 0 Å². The van der Waals surface area contributed by atoms with Gasteiger partial charge in [0.25, 0.3) is 10.0 Å². The summed E-state index contributed by atoms with van der Waals surface area (Å²) in [6.07, 6.45) is 0.310. The lowest BCUT2D eigenvalue weighted by Crippen LogP contribution is -2.36. The Kier molecular flexibility index (Phi) is 9.30. The van der Waals surface area contributed by atoms with Crippen LogP contribution >= 0.6 is 0 Å². The van der Waals surface area contributed by atoms with Crippen LogP contribution in [0.5, 0.6) is 5.75 Å². The molecule has 4 N–H and O–H groups in total. The van der Waals surface area contributed by atoms with Gasteiger partial charge in [-0.2, -0.15) is 0 Å². The monoisotopic (exact) mass is 576 g/mol. The van der Waals surface area contributed by atoms with E-state index >= 15 is 0 Å². The smallest absolute Gasteiger partial charge is 0.421 e. The van der Waals surface area contributed by atoms with Gasteiger partial charge in [-0.25, -0.2) is 31.7 Å². The van der Waals surface area contributed by atoms with Gasteiger partial charge in [0.1, 0.15) is 40.2 Å². The average Bonchev–Trinajstić information content (AvgIpc) is 2.82. The van der Waals surface area contributed by atoms with Gasteiger partial charge in [0.2, 0.25) is 5.78 Å². The molecule has 3 aromatic rings. The molecule has 0 unspecified atom stereocenters. The summed E-state index contributed by atoms with van der Waals surface area (Å²) in [4.78, 5) is 29.0. The predicted octanol–water partition coefficient (Wildman–Crippen LogP) is 5.31. The van der Waals surface area contributed by atoms with Crippen LogP contribution in [-0.4, -0.2) is 37.5 Å². The number of benzene rings is 2. The first-order valence-corrected chi connectivity index (χ1v) is 13.7. The predicted molar refractivity (Wildman–Crippen MR) is 145 cm³/mol. The number of aromatic nitrogens is 1. The first-order valence-electron chi connectivity index (χ1n) is 12.3. The van der Waals surface area contributed by atoms with E-state index in [0.717, 1.165) is 24.6 Å². The Hall–Kier alpha value is -4.26. The van der Waals surface area contributed by atoms with Crippen LogP contribution in [-0.2, 0) is 14.8 Å². The van der Waals surface area contributed by atoms with Gasteiger partial charge in [-0.3, -0.25) is 4.79 Å². The standard InChI is InChI=1S/C27H30F2N4O6S/c1-5-6-14-38-20-15-21(32-25(30)23(20)24(34)22-18(28)8-7-9-19(22)29)31-16-10-12-17(13-11-16)40(36,37)33-26(35)39-27(2,3)4/h7-13,15H,5-6,14H2,1-4H3,(H,33,35)(H3,30,31,32). The molecule has 0 saturated heterocycles. The number of hydrogen-bond acceptors (Lipinski definition) is 9. The van der Waals surface area contributed by atoms with Crippen molar-refractivity contribution in [2.45, 2.75) is 51.0 Å². The molecule has 0 saturated carbocycles. The number of anilines is 3. The van der Waals surface area contributed by atoms with Gasteiger partial charge < -0.3 is 20.5 Å². The SMILES string of the molecule is CCCCOc1cc(Nc2ccc(S(=O)(=O)NC(=O)OC(C)(C)C)cc2)nc(N)c1C(=O)c1c(F)cccc1F. The molecule has 0 aliphatic rings. The zero-order chi connectivity index (χ0) is 29.7. The van der Waals surface area contributed by atoms with Crippen molar-refractivity contribution in [1.29, 1.82) is 0 Å². The highest BCUT2D eigenvalue weighted by atomic mass is 32.2. The van der Waals surface area contributed by atoms with E-state index in [9.17, 15) is 26.8 Å². The largest absolute Gasteiger partial charge is 0.493 e. The lowest BCUT2D eigenvalue weighted by Gasteiger charge is -2.19. The molecule has 1 aromatic heterocycles. The van der Waals surface area contributed by atoms with Crippen LogP contribution in [0, 0.1) is 11.6 Å². The van der Waals surface area contributed by atoms with Gasteiger partial charge >= 0.3 is 6.09 Å². The third kappa shape index (κ3) is 7.65. The van der Waals surface area contributed by atoms with E-state index in [1.807, 2.05) is 11.6 Å². The Morgan fingerprint density at radius 2 is 1.65 bits per heavy atom. The number of nitrogen functional groups attached to an aromatic ring is 1. The maximum Gasteiger partial charge on any atom is 0.421 e. The molecule has 2 aromatic carbocycles. The molecule has 40 heavy (non-hydrogen) atoms. The van der Waals surface area contributed by atoms with Crippen molar-refractivity contribution in [2.75, 3.05) is 17.7 Å². The van der Waals surface area contributed by atoms with Gasteiger partial charge in [0.15, 0.2) is 0 Å².